The van der Waals surface area contributed by atoms with E-state index in [1.165, 1.54) is 5.57 Å². The van der Waals surface area contributed by atoms with Crippen molar-refractivity contribution in [2.45, 2.75) is 105 Å². The SMILES string of the molecule is C[C@H]1C(=O)CC[C@@]2(C)C1CC[C@@]1(C)C3CC[C@@]4(C)CC[C@H](C(=O)NCCOCCOCCOCCOCCC(=O)ON5C(=O)CCC5=O)CC4C3=CC(=O)C12.[HH].[HH].[HH]. The second-order valence-corrected chi connectivity index (χ2v) is 17.7. The van der Waals surface area contributed by atoms with Gasteiger partial charge in [0.05, 0.1) is 59.3 Å². The molecule has 1 N–H and O–H groups in total. The lowest BCUT2D eigenvalue weighted by molar-refractivity contribution is -0.198. The van der Waals surface area contributed by atoms with Gasteiger partial charge >= 0.3 is 5.97 Å². The van der Waals surface area contributed by atoms with E-state index in [4.69, 9.17) is 23.8 Å². The lowest BCUT2D eigenvalue weighted by Crippen LogP contribution is -2.61. The summed E-state index contributed by atoms with van der Waals surface area (Å²) < 4.78 is 22.0. The Bertz CT molecular complexity index is 1510. The summed E-state index contributed by atoms with van der Waals surface area (Å²) in [7, 11) is 0. The fourth-order valence-electron chi connectivity index (χ4n) is 11.5. The van der Waals surface area contributed by atoms with E-state index in [1.807, 2.05) is 6.08 Å². The second kappa shape index (κ2) is 17.6. The maximum atomic E-state index is 14.3. The summed E-state index contributed by atoms with van der Waals surface area (Å²) in [4.78, 5) is 79.9. The van der Waals surface area contributed by atoms with E-state index < -0.39 is 17.8 Å². The fourth-order valence-corrected chi connectivity index (χ4v) is 11.5. The number of rotatable bonds is 17. The van der Waals surface area contributed by atoms with Crippen LogP contribution in [0.4, 0.5) is 0 Å². The van der Waals surface area contributed by atoms with Crippen LogP contribution in [-0.4, -0.2) is 99.7 Å². The smallest absolute Gasteiger partial charge is 0.335 e. The molecule has 0 spiro atoms. The van der Waals surface area contributed by atoms with Gasteiger partial charge in [0.2, 0.25) is 5.91 Å². The van der Waals surface area contributed by atoms with Crippen molar-refractivity contribution in [3.63, 3.8) is 0 Å². The Kier molecular flexibility index (Phi) is 13.4. The van der Waals surface area contributed by atoms with Crippen molar-refractivity contribution in [1.29, 1.82) is 0 Å². The molecule has 9 atom stereocenters. The largest absolute Gasteiger partial charge is 0.378 e. The molecule has 5 aliphatic carbocycles. The highest BCUT2D eigenvalue weighted by Gasteiger charge is 2.65. The molecular weight excluding hydrogens is 708 g/mol. The first-order valence-electron chi connectivity index (χ1n) is 20.7. The van der Waals surface area contributed by atoms with Gasteiger partial charge in [-0.15, -0.1) is 5.06 Å². The summed E-state index contributed by atoms with van der Waals surface area (Å²) in [6.07, 6.45) is 10.3. The van der Waals surface area contributed by atoms with Crippen molar-refractivity contribution in [2.75, 3.05) is 59.4 Å². The van der Waals surface area contributed by atoms with Crippen LogP contribution in [0.1, 0.15) is 109 Å². The zero-order valence-electron chi connectivity index (χ0n) is 33.3. The molecule has 1 saturated heterocycles. The molecule has 13 nitrogen and oxygen atoms in total. The van der Waals surface area contributed by atoms with E-state index in [2.05, 4.69) is 33.0 Å². The minimum absolute atomic E-state index is 0. The number of carbonyl (C=O) groups is 6. The minimum atomic E-state index is -0.705. The predicted molar refractivity (Wildman–Crippen MR) is 205 cm³/mol. The topological polar surface area (TPSA) is 164 Å². The third kappa shape index (κ3) is 8.79. The summed E-state index contributed by atoms with van der Waals surface area (Å²) in [5, 5.41) is 3.62. The molecule has 55 heavy (non-hydrogen) atoms. The number of amides is 3. The zero-order valence-corrected chi connectivity index (χ0v) is 33.3. The number of ketones is 2. The Balaban J connectivity index is 0.00000300. The first-order chi connectivity index (χ1) is 26.3. The van der Waals surface area contributed by atoms with Gasteiger partial charge in [0, 0.05) is 47.8 Å². The molecule has 6 aliphatic rings. The van der Waals surface area contributed by atoms with E-state index in [9.17, 15) is 28.8 Å². The lowest BCUT2D eigenvalue weighted by atomic mass is 9.38. The number of imide groups is 1. The number of hydroxylamine groups is 2. The number of hydrogen-bond acceptors (Lipinski definition) is 11. The zero-order chi connectivity index (χ0) is 39.4. The van der Waals surface area contributed by atoms with E-state index in [1.54, 1.807) is 0 Å². The van der Waals surface area contributed by atoms with Crippen molar-refractivity contribution >= 4 is 35.3 Å². The van der Waals surface area contributed by atoms with Crippen LogP contribution in [-0.2, 0) is 52.6 Å². The predicted octanol–water partition coefficient (Wildman–Crippen LogP) is 5.28. The Morgan fingerprint density at radius 3 is 2.05 bits per heavy atom. The number of Topliss-reactive ketones (excluding diaryl/α,β-unsaturated/α-hetero) is 1. The molecule has 6 rings (SSSR count). The van der Waals surface area contributed by atoms with Crippen LogP contribution in [0.25, 0.3) is 0 Å². The maximum Gasteiger partial charge on any atom is 0.335 e. The van der Waals surface area contributed by atoms with Gasteiger partial charge in [0.1, 0.15) is 5.78 Å². The molecule has 1 aliphatic heterocycles. The second-order valence-electron chi connectivity index (χ2n) is 17.7. The molecule has 1 heterocycles. The molecule has 312 valence electrons. The number of hydrogen-bond donors (Lipinski definition) is 1. The van der Waals surface area contributed by atoms with E-state index >= 15 is 0 Å². The van der Waals surface area contributed by atoms with Gasteiger partial charge in [-0.25, -0.2) is 4.79 Å². The Hall–Kier alpha value is -3.00. The highest BCUT2D eigenvalue weighted by atomic mass is 16.7. The molecule has 0 aromatic heterocycles. The van der Waals surface area contributed by atoms with E-state index in [-0.39, 0.29) is 94.3 Å². The molecule has 5 fully saturated rings. The minimum Gasteiger partial charge on any atom is -0.378 e. The van der Waals surface area contributed by atoms with Crippen molar-refractivity contribution in [2.24, 2.45) is 51.8 Å². The highest BCUT2D eigenvalue weighted by Crippen LogP contribution is 2.69. The number of carbonyl (C=O) groups excluding carboxylic acids is 6. The average molecular weight is 777 g/mol. The lowest BCUT2D eigenvalue weighted by Gasteiger charge is -2.64. The molecule has 0 radical (unpaired) electrons. The molecule has 0 aromatic carbocycles. The summed E-state index contributed by atoms with van der Waals surface area (Å²) in [6.45, 7) is 12.2. The monoisotopic (exact) mass is 776 g/mol. The molecule has 0 aromatic rings. The van der Waals surface area contributed by atoms with Gasteiger partial charge in [-0.3, -0.25) is 24.0 Å². The standard InChI is InChI=1S/C42H62N2O11.3H2/c1-27-30-9-14-42(4)31-8-13-40(2)12-7-28(25-32(40)29(31)26-34(46)38(42)41(30,3)15-10-33(27)45)39(50)43-16-18-52-20-22-54-24-23-53-21-19-51-17-11-37(49)55-44-35(47)5-6-36(44)48;;;/h26-28,30-32,38H,5-25H2,1-4H3,(H,43,50);3*1H/t27-,28+,30?,31?,32?,38?,40-,41+,42+;;;/m1.../s1. The van der Waals surface area contributed by atoms with Gasteiger partial charge in [0.25, 0.3) is 11.8 Å². The van der Waals surface area contributed by atoms with Gasteiger partial charge < -0.3 is 29.1 Å². The van der Waals surface area contributed by atoms with E-state index in [0.717, 1.165) is 51.4 Å². The normalized spacial score (nSPS) is 35.7. The van der Waals surface area contributed by atoms with Crippen molar-refractivity contribution < 1.29 is 56.8 Å². The quantitative estimate of drug-likeness (QED) is 0.151. The fraction of sp³-hybridized carbons (Fsp3) is 0.810. The van der Waals surface area contributed by atoms with Crippen LogP contribution in [0, 0.1) is 51.8 Å². The molecule has 4 unspecified atom stereocenters. The van der Waals surface area contributed by atoms with Crippen LogP contribution < -0.4 is 5.32 Å². The van der Waals surface area contributed by atoms with Crippen LogP contribution in [0.15, 0.2) is 11.6 Å². The Labute approximate surface area is 329 Å². The van der Waals surface area contributed by atoms with Gasteiger partial charge in [-0.05, 0) is 91.4 Å². The van der Waals surface area contributed by atoms with Crippen LogP contribution in [0.3, 0.4) is 0 Å². The van der Waals surface area contributed by atoms with Crippen molar-refractivity contribution in [3.8, 4) is 0 Å². The summed E-state index contributed by atoms with van der Waals surface area (Å²) in [6, 6.07) is 0. The van der Waals surface area contributed by atoms with Crippen LogP contribution >= 0.6 is 0 Å². The van der Waals surface area contributed by atoms with Gasteiger partial charge in [-0.2, -0.15) is 0 Å². The first kappa shape index (κ1) is 41.6. The Morgan fingerprint density at radius 1 is 0.764 bits per heavy atom. The Morgan fingerprint density at radius 2 is 1.38 bits per heavy atom. The molecule has 4 saturated carbocycles. The van der Waals surface area contributed by atoms with E-state index in [0.29, 0.717) is 69.4 Å². The van der Waals surface area contributed by atoms with Crippen molar-refractivity contribution in [3.05, 3.63) is 11.6 Å². The first-order valence-corrected chi connectivity index (χ1v) is 20.7. The summed E-state index contributed by atoms with van der Waals surface area (Å²) in [5.74, 6) is -0.250. The number of nitrogens with one attached hydrogen (secondary N) is 1. The number of fused-ring (bicyclic) bond motifs is 7. The van der Waals surface area contributed by atoms with Crippen LogP contribution in [0.2, 0.25) is 0 Å². The summed E-state index contributed by atoms with van der Waals surface area (Å²) >= 11 is 0. The number of allylic oxidation sites excluding steroid dienone is 2. The molecule has 3 amide bonds. The van der Waals surface area contributed by atoms with Crippen LogP contribution in [0.5, 0.6) is 0 Å². The summed E-state index contributed by atoms with van der Waals surface area (Å²) in [5.41, 5.74) is 1.18. The maximum absolute atomic E-state index is 14.3. The van der Waals surface area contributed by atoms with Crippen molar-refractivity contribution in [1.82, 2.24) is 10.4 Å². The van der Waals surface area contributed by atoms with Gasteiger partial charge in [0.15, 0.2) is 5.78 Å². The number of ether oxygens (including phenoxy) is 4. The third-order valence-corrected chi connectivity index (χ3v) is 14.5. The molecule has 13 heteroatoms. The third-order valence-electron chi connectivity index (χ3n) is 14.5. The molecule has 0 bridgehead atoms. The highest BCUT2D eigenvalue weighted by molar-refractivity contribution is 6.01. The average Bonchev–Trinajstić information content (AvgIpc) is 3.46. The number of nitrogens with zero attached hydrogens (tertiary/aromatic N) is 1. The molecular formula is C42H68N2O11. The van der Waals surface area contributed by atoms with Gasteiger partial charge in [-0.1, -0.05) is 33.3 Å².